The Morgan fingerprint density at radius 3 is 1.81 bits per heavy atom. The van der Waals surface area contributed by atoms with E-state index < -0.39 is 0 Å². The molecule has 0 spiro atoms. The first-order valence-corrected chi connectivity index (χ1v) is 7.68. The maximum atomic E-state index is 6.10. The molecule has 0 N–H and O–H groups in total. The summed E-state index contributed by atoms with van der Waals surface area (Å²) in [5, 5.41) is 0. The van der Waals surface area contributed by atoms with Gasteiger partial charge in [0.15, 0.2) is 6.71 Å². The van der Waals surface area contributed by atoms with Gasteiger partial charge in [-0.15, -0.1) is 0 Å². The first kappa shape index (κ1) is 15.7. The second-order valence-corrected chi connectivity index (χ2v) is 6.42. The van der Waals surface area contributed by atoms with Gasteiger partial charge in [0.2, 0.25) is 0 Å². The normalized spacial score (nSPS) is 10.6. The second-order valence-electron chi connectivity index (χ2n) is 6.42. The lowest BCUT2D eigenvalue weighted by atomic mass is 9.49. The molecule has 0 fully saturated rings. The topological polar surface area (TPSA) is 9.23 Å². The van der Waals surface area contributed by atoms with Crippen LogP contribution in [0.5, 0.6) is 5.75 Å². The van der Waals surface area contributed by atoms with Crippen molar-refractivity contribution in [3.8, 4) is 5.75 Å². The number of aryl methyl sites for hydroxylation is 4. The van der Waals surface area contributed by atoms with Crippen molar-refractivity contribution in [2.24, 2.45) is 0 Å². The van der Waals surface area contributed by atoms with E-state index in [9.17, 15) is 0 Å². The summed E-state index contributed by atoms with van der Waals surface area (Å²) in [5.74, 6) is 1.03. The van der Waals surface area contributed by atoms with Crippen molar-refractivity contribution >= 4 is 12.2 Å². The molecule has 0 aliphatic heterocycles. The Kier molecular flexibility index (Phi) is 4.77. The van der Waals surface area contributed by atoms with Crippen LogP contribution in [0.15, 0.2) is 30.3 Å². The van der Waals surface area contributed by atoms with Crippen LogP contribution in [0.2, 0.25) is 13.6 Å². The van der Waals surface area contributed by atoms with Crippen molar-refractivity contribution in [2.75, 3.05) is 0 Å². The zero-order valence-corrected chi connectivity index (χ0v) is 14.1. The molecule has 110 valence electrons. The largest absolute Gasteiger partial charge is 0.488 e. The molecule has 0 bridgehead atoms. The van der Waals surface area contributed by atoms with E-state index in [1.165, 1.54) is 33.3 Å². The van der Waals surface area contributed by atoms with Gasteiger partial charge in [-0.25, -0.2) is 0 Å². The van der Waals surface area contributed by atoms with Gasteiger partial charge in [0, 0.05) is 0 Å². The Balaban J connectivity index is 2.20. The molecule has 0 aromatic heterocycles. The molecule has 2 aromatic carbocycles. The molecule has 2 rings (SSSR count). The summed E-state index contributed by atoms with van der Waals surface area (Å²) in [7, 11) is 0. The lowest BCUT2D eigenvalue weighted by Gasteiger charge is -2.15. The maximum absolute atomic E-state index is 6.10. The smallest absolute Gasteiger partial charge is 0.169 e. The summed E-state index contributed by atoms with van der Waals surface area (Å²) in [5.41, 5.74) is 7.64. The molecular weight excluding hydrogens is 255 g/mol. The molecular formula is C19H25BO. The quantitative estimate of drug-likeness (QED) is 0.751. The highest BCUT2D eigenvalue weighted by molar-refractivity contribution is 6.70. The molecule has 0 aliphatic rings. The number of hydrogen-bond acceptors (Lipinski definition) is 1. The molecule has 0 heterocycles. The van der Waals surface area contributed by atoms with Crippen LogP contribution < -0.4 is 10.2 Å². The summed E-state index contributed by atoms with van der Waals surface area (Å²) in [6.45, 7) is 14.2. The van der Waals surface area contributed by atoms with Gasteiger partial charge in [-0.1, -0.05) is 60.6 Å². The minimum Gasteiger partial charge on any atom is -0.488 e. The van der Waals surface area contributed by atoms with Gasteiger partial charge in [-0.2, -0.15) is 0 Å². The first-order chi connectivity index (χ1) is 9.86. The Hall–Kier alpha value is -1.70. The monoisotopic (exact) mass is 280 g/mol. The van der Waals surface area contributed by atoms with Gasteiger partial charge in [0.05, 0.1) is 0 Å². The Morgan fingerprint density at radius 2 is 1.33 bits per heavy atom. The van der Waals surface area contributed by atoms with E-state index in [0.29, 0.717) is 13.3 Å². The molecule has 0 saturated heterocycles. The van der Waals surface area contributed by atoms with E-state index in [1.807, 2.05) is 0 Å². The lowest BCUT2D eigenvalue weighted by molar-refractivity contribution is 0.302. The highest BCUT2D eigenvalue weighted by Crippen LogP contribution is 2.23. The van der Waals surface area contributed by atoms with E-state index in [1.54, 1.807) is 0 Å². The Morgan fingerprint density at radius 1 is 0.810 bits per heavy atom. The van der Waals surface area contributed by atoms with Crippen LogP contribution in [-0.2, 0) is 6.61 Å². The molecule has 0 atom stereocenters. The van der Waals surface area contributed by atoms with Crippen LogP contribution in [-0.4, -0.2) is 6.71 Å². The predicted octanol–water partition coefficient (Wildman–Crippen LogP) is 4.46. The van der Waals surface area contributed by atoms with Gasteiger partial charge >= 0.3 is 0 Å². The zero-order valence-electron chi connectivity index (χ0n) is 14.1. The number of ether oxygens (including phenoxy) is 1. The summed E-state index contributed by atoms with van der Waals surface area (Å²) < 4.78 is 6.10. The van der Waals surface area contributed by atoms with Crippen LogP contribution in [0.4, 0.5) is 0 Å². The van der Waals surface area contributed by atoms with E-state index >= 15 is 0 Å². The lowest BCUT2D eigenvalue weighted by Crippen LogP contribution is -2.23. The summed E-state index contributed by atoms with van der Waals surface area (Å²) in [4.78, 5) is 0. The zero-order chi connectivity index (χ0) is 15.6. The molecule has 21 heavy (non-hydrogen) atoms. The fourth-order valence-corrected chi connectivity index (χ4v) is 2.85. The molecule has 2 heteroatoms. The number of hydrogen-bond donors (Lipinski definition) is 0. The van der Waals surface area contributed by atoms with E-state index in [2.05, 4.69) is 71.7 Å². The fraction of sp³-hybridized carbons (Fsp3) is 0.368. The van der Waals surface area contributed by atoms with Crippen LogP contribution in [0.1, 0.15) is 27.8 Å². The van der Waals surface area contributed by atoms with Crippen molar-refractivity contribution in [1.29, 1.82) is 0 Å². The van der Waals surface area contributed by atoms with E-state index in [4.69, 9.17) is 4.74 Å². The first-order valence-electron chi connectivity index (χ1n) is 7.68. The van der Waals surface area contributed by atoms with Crippen LogP contribution in [0, 0.1) is 27.7 Å². The number of rotatable bonds is 4. The third-order valence-electron chi connectivity index (χ3n) is 3.81. The molecule has 2 aromatic rings. The van der Waals surface area contributed by atoms with E-state index in [-0.39, 0.29) is 0 Å². The van der Waals surface area contributed by atoms with Crippen LogP contribution in [0.25, 0.3) is 0 Å². The SMILES string of the molecule is CB(C)c1cc(C)c(OCc2cc(C)cc(C)c2)c(C)c1. The molecule has 0 amide bonds. The van der Waals surface area contributed by atoms with Crippen molar-refractivity contribution in [2.45, 2.75) is 47.9 Å². The molecule has 0 aliphatic carbocycles. The number of benzene rings is 2. The average molecular weight is 280 g/mol. The van der Waals surface area contributed by atoms with Gasteiger partial charge in [0.25, 0.3) is 0 Å². The minimum absolute atomic E-state index is 0.552. The van der Waals surface area contributed by atoms with Gasteiger partial charge in [-0.3, -0.25) is 0 Å². The Bertz CT molecular complexity index is 601. The third kappa shape index (κ3) is 3.90. The van der Waals surface area contributed by atoms with Crippen LogP contribution in [0.3, 0.4) is 0 Å². The van der Waals surface area contributed by atoms with Crippen LogP contribution >= 0.6 is 0 Å². The molecule has 0 unspecified atom stereocenters. The fourth-order valence-electron chi connectivity index (χ4n) is 2.85. The van der Waals surface area contributed by atoms with Gasteiger partial charge < -0.3 is 4.74 Å². The maximum Gasteiger partial charge on any atom is 0.169 e. The van der Waals surface area contributed by atoms with Crippen molar-refractivity contribution in [3.63, 3.8) is 0 Å². The molecule has 0 radical (unpaired) electrons. The standard InChI is InChI=1S/C19H25BO/c1-13-7-14(2)9-17(8-13)12-21-19-15(3)10-18(20(5)6)11-16(19)4/h7-11H,12H2,1-6H3. The molecule has 1 nitrogen and oxygen atoms in total. The highest BCUT2D eigenvalue weighted by atomic mass is 16.5. The van der Waals surface area contributed by atoms with Gasteiger partial charge in [0.1, 0.15) is 12.4 Å². The minimum atomic E-state index is 0.552. The predicted molar refractivity (Wildman–Crippen MR) is 93.3 cm³/mol. The summed E-state index contributed by atoms with van der Waals surface area (Å²) in [6, 6.07) is 11.1. The van der Waals surface area contributed by atoms with E-state index in [0.717, 1.165) is 5.75 Å². The second kappa shape index (κ2) is 6.38. The van der Waals surface area contributed by atoms with Crippen molar-refractivity contribution in [3.05, 3.63) is 58.1 Å². The summed E-state index contributed by atoms with van der Waals surface area (Å²) >= 11 is 0. The van der Waals surface area contributed by atoms with Gasteiger partial charge in [-0.05, 0) is 44.4 Å². The molecule has 0 saturated carbocycles. The third-order valence-corrected chi connectivity index (χ3v) is 3.81. The summed E-state index contributed by atoms with van der Waals surface area (Å²) in [6.07, 6.45) is 0. The Labute approximate surface area is 129 Å². The van der Waals surface area contributed by atoms with Crippen molar-refractivity contribution < 1.29 is 4.74 Å². The van der Waals surface area contributed by atoms with Crippen molar-refractivity contribution in [1.82, 2.24) is 0 Å². The highest BCUT2D eigenvalue weighted by Gasteiger charge is 2.10. The average Bonchev–Trinajstić information content (AvgIpc) is 2.36.